The van der Waals surface area contributed by atoms with Crippen molar-refractivity contribution < 1.29 is 0 Å². The van der Waals surface area contributed by atoms with Crippen molar-refractivity contribution in [2.45, 2.75) is 57.0 Å². The van der Waals surface area contributed by atoms with E-state index in [1.807, 2.05) is 6.92 Å². The van der Waals surface area contributed by atoms with Crippen LogP contribution in [0.3, 0.4) is 0 Å². The first kappa shape index (κ1) is 14.8. The van der Waals surface area contributed by atoms with Crippen LogP contribution >= 0.6 is 0 Å². The number of rotatable bonds is 5. The smallest absolute Gasteiger partial charge is 0.104 e. The van der Waals surface area contributed by atoms with Gasteiger partial charge in [-0.1, -0.05) is 13.3 Å². The minimum absolute atomic E-state index is 0.605. The van der Waals surface area contributed by atoms with Crippen LogP contribution in [0.4, 0.5) is 0 Å². The van der Waals surface area contributed by atoms with Gasteiger partial charge in [0, 0.05) is 25.7 Å². The fourth-order valence-corrected chi connectivity index (χ4v) is 3.35. The maximum Gasteiger partial charge on any atom is 0.104 e. The molecular weight excluding hydrogens is 236 g/mol. The molecule has 19 heavy (non-hydrogen) atoms. The van der Waals surface area contributed by atoms with Crippen LogP contribution in [0.25, 0.3) is 0 Å². The summed E-state index contributed by atoms with van der Waals surface area (Å²) >= 11 is 0. The van der Waals surface area contributed by atoms with Crippen molar-refractivity contribution in [3.8, 4) is 6.07 Å². The number of piperazine rings is 1. The molecule has 0 aromatic heterocycles. The van der Waals surface area contributed by atoms with E-state index in [0.717, 1.165) is 31.8 Å². The lowest BCUT2D eigenvalue weighted by Gasteiger charge is -2.44. The molecule has 0 amide bonds. The predicted octanol–water partition coefficient (Wildman–Crippen LogP) is 1.57. The van der Waals surface area contributed by atoms with Crippen molar-refractivity contribution in [1.29, 1.82) is 5.26 Å². The van der Waals surface area contributed by atoms with E-state index in [1.54, 1.807) is 0 Å². The molecule has 2 rings (SSSR count). The van der Waals surface area contributed by atoms with Crippen LogP contribution in [0.2, 0.25) is 0 Å². The number of nitrogens with zero attached hydrogens (tertiary/aromatic N) is 3. The monoisotopic (exact) mass is 264 g/mol. The molecule has 2 N–H and O–H groups in total. The van der Waals surface area contributed by atoms with Crippen molar-refractivity contribution in [1.82, 2.24) is 9.80 Å². The van der Waals surface area contributed by atoms with E-state index >= 15 is 0 Å². The van der Waals surface area contributed by atoms with E-state index in [1.165, 1.54) is 45.4 Å². The zero-order valence-electron chi connectivity index (χ0n) is 12.3. The molecule has 0 aliphatic carbocycles. The molecule has 4 nitrogen and oxygen atoms in total. The van der Waals surface area contributed by atoms with Gasteiger partial charge in [0.2, 0.25) is 0 Å². The first-order chi connectivity index (χ1) is 9.17. The van der Waals surface area contributed by atoms with Gasteiger partial charge in [-0.25, -0.2) is 0 Å². The zero-order chi connectivity index (χ0) is 13.7. The molecule has 108 valence electrons. The number of fused-ring (bicyclic) bond motifs is 1. The average molecular weight is 264 g/mol. The molecule has 0 spiro atoms. The van der Waals surface area contributed by atoms with Crippen molar-refractivity contribution >= 4 is 0 Å². The lowest BCUT2D eigenvalue weighted by atomic mass is 9.93. The average Bonchev–Trinajstić information content (AvgIpc) is 2.47. The highest BCUT2D eigenvalue weighted by Crippen LogP contribution is 2.21. The Morgan fingerprint density at radius 3 is 2.89 bits per heavy atom. The zero-order valence-corrected chi connectivity index (χ0v) is 12.3. The molecule has 0 saturated carbocycles. The maximum atomic E-state index is 9.08. The van der Waals surface area contributed by atoms with Gasteiger partial charge in [0.25, 0.3) is 0 Å². The van der Waals surface area contributed by atoms with Crippen molar-refractivity contribution in [3.63, 3.8) is 0 Å². The molecule has 0 bridgehead atoms. The first-order valence-electron chi connectivity index (χ1n) is 7.83. The minimum Gasteiger partial charge on any atom is -0.313 e. The van der Waals surface area contributed by atoms with E-state index in [2.05, 4.69) is 15.9 Å². The summed E-state index contributed by atoms with van der Waals surface area (Å²) in [5.74, 6) is 0. The van der Waals surface area contributed by atoms with E-state index in [-0.39, 0.29) is 0 Å². The van der Waals surface area contributed by atoms with Gasteiger partial charge in [0.05, 0.1) is 6.07 Å². The lowest BCUT2D eigenvalue weighted by Crippen LogP contribution is -2.55. The molecular formula is C15H28N4. The number of hydrogen-bond acceptors (Lipinski definition) is 4. The Bertz CT molecular complexity index is 325. The second-order valence-electron chi connectivity index (χ2n) is 6.21. The van der Waals surface area contributed by atoms with Gasteiger partial charge in [-0.2, -0.15) is 5.26 Å². The van der Waals surface area contributed by atoms with Gasteiger partial charge in [0.1, 0.15) is 5.54 Å². The number of nitriles is 1. The van der Waals surface area contributed by atoms with Crippen LogP contribution in [0, 0.1) is 11.3 Å². The topological polar surface area (TPSA) is 56.3 Å². The van der Waals surface area contributed by atoms with E-state index in [9.17, 15) is 0 Å². The van der Waals surface area contributed by atoms with Crippen LogP contribution in [0.1, 0.15) is 45.4 Å². The molecule has 2 aliphatic rings. The fraction of sp³-hybridized carbons (Fsp3) is 0.933. The Hall–Kier alpha value is -0.630. The lowest BCUT2D eigenvalue weighted by molar-refractivity contribution is 0.0482. The Morgan fingerprint density at radius 1 is 1.32 bits per heavy atom. The summed E-state index contributed by atoms with van der Waals surface area (Å²) in [5, 5.41) is 9.08. The number of hydrogen-bond donors (Lipinski definition) is 1. The summed E-state index contributed by atoms with van der Waals surface area (Å²) in [5.41, 5.74) is 5.43. The van der Waals surface area contributed by atoms with Crippen LogP contribution < -0.4 is 5.73 Å². The van der Waals surface area contributed by atoms with E-state index in [4.69, 9.17) is 11.0 Å². The van der Waals surface area contributed by atoms with Gasteiger partial charge in [-0.3, -0.25) is 4.90 Å². The van der Waals surface area contributed by atoms with Gasteiger partial charge in [0.15, 0.2) is 0 Å². The SMILES string of the molecule is CCC(N)(C#N)CCCN1CCN2CCCCC2C1. The van der Waals surface area contributed by atoms with Crippen LogP contribution in [-0.2, 0) is 0 Å². The standard InChI is InChI=1S/C15H28N4/c1-2-15(17,13-16)7-5-8-18-10-11-19-9-4-3-6-14(19)12-18/h14H,2-12,17H2,1H3. The number of nitrogens with two attached hydrogens (primary N) is 1. The second kappa shape index (κ2) is 6.69. The Morgan fingerprint density at radius 2 is 2.16 bits per heavy atom. The third kappa shape index (κ3) is 3.92. The van der Waals surface area contributed by atoms with Crippen LogP contribution in [0.5, 0.6) is 0 Å². The third-order valence-electron chi connectivity index (χ3n) is 4.87. The maximum absolute atomic E-state index is 9.08. The molecule has 2 atom stereocenters. The molecule has 2 heterocycles. The molecule has 0 aromatic carbocycles. The molecule has 2 saturated heterocycles. The van der Waals surface area contributed by atoms with Gasteiger partial charge in [-0.05, 0) is 45.2 Å². The first-order valence-corrected chi connectivity index (χ1v) is 7.83. The predicted molar refractivity (Wildman–Crippen MR) is 77.7 cm³/mol. The van der Waals surface area contributed by atoms with E-state index in [0.29, 0.717) is 0 Å². The largest absolute Gasteiger partial charge is 0.313 e. The second-order valence-corrected chi connectivity index (χ2v) is 6.21. The molecule has 0 aromatic rings. The number of piperidine rings is 1. The Kier molecular flexibility index (Phi) is 5.20. The quantitative estimate of drug-likeness (QED) is 0.819. The normalized spacial score (nSPS) is 28.4. The molecule has 2 unspecified atom stereocenters. The Balaban J connectivity index is 1.71. The summed E-state index contributed by atoms with van der Waals surface area (Å²) < 4.78 is 0. The summed E-state index contributed by atoms with van der Waals surface area (Å²) in [7, 11) is 0. The minimum atomic E-state index is -0.605. The van der Waals surface area contributed by atoms with Crippen molar-refractivity contribution in [2.24, 2.45) is 5.73 Å². The van der Waals surface area contributed by atoms with Crippen molar-refractivity contribution in [2.75, 3.05) is 32.7 Å². The van der Waals surface area contributed by atoms with Crippen LogP contribution in [0.15, 0.2) is 0 Å². The van der Waals surface area contributed by atoms with Gasteiger partial charge >= 0.3 is 0 Å². The molecule has 0 radical (unpaired) electrons. The van der Waals surface area contributed by atoms with Gasteiger partial charge in [-0.15, -0.1) is 0 Å². The molecule has 2 fully saturated rings. The van der Waals surface area contributed by atoms with Crippen molar-refractivity contribution in [3.05, 3.63) is 0 Å². The summed E-state index contributed by atoms with van der Waals surface area (Å²) in [4.78, 5) is 5.23. The highest BCUT2D eigenvalue weighted by atomic mass is 15.3. The fourth-order valence-electron chi connectivity index (χ4n) is 3.35. The highest BCUT2D eigenvalue weighted by molar-refractivity contribution is 5.03. The Labute approximate surface area is 117 Å². The summed E-state index contributed by atoms with van der Waals surface area (Å²) in [6.45, 7) is 8.04. The van der Waals surface area contributed by atoms with Crippen LogP contribution in [-0.4, -0.2) is 54.1 Å². The highest BCUT2D eigenvalue weighted by Gasteiger charge is 2.29. The van der Waals surface area contributed by atoms with E-state index < -0.39 is 5.54 Å². The summed E-state index contributed by atoms with van der Waals surface area (Å²) in [6.07, 6.45) is 6.76. The van der Waals surface area contributed by atoms with Gasteiger partial charge < -0.3 is 10.6 Å². The third-order valence-corrected chi connectivity index (χ3v) is 4.87. The molecule has 2 aliphatic heterocycles. The molecule has 4 heteroatoms. The summed E-state index contributed by atoms with van der Waals surface area (Å²) in [6, 6.07) is 3.05.